The first-order valence-corrected chi connectivity index (χ1v) is 6.52. The number of halogens is 1. The molecule has 0 aromatic rings. The third-order valence-corrected chi connectivity index (χ3v) is 3.16. The second-order valence-electron chi connectivity index (χ2n) is 4.13. The van der Waals surface area contributed by atoms with Gasteiger partial charge in [0, 0.05) is 11.8 Å². The molecule has 0 aromatic heterocycles. The van der Waals surface area contributed by atoms with Crippen molar-refractivity contribution in [3.05, 3.63) is 0 Å². The minimum absolute atomic E-state index is 0.178. The Bertz CT molecular complexity index is 162. The van der Waals surface area contributed by atoms with Crippen LogP contribution in [-0.2, 0) is 4.79 Å². The van der Waals surface area contributed by atoms with E-state index in [2.05, 4.69) is 6.92 Å². The zero-order valence-corrected chi connectivity index (χ0v) is 10.6. The lowest BCUT2D eigenvalue weighted by molar-refractivity contribution is -0.118. The van der Waals surface area contributed by atoms with Crippen molar-refractivity contribution >= 4 is 17.5 Å². The van der Waals surface area contributed by atoms with Gasteiger partial charge in [0.2, 0.25) is 5.91 Å². The molecule has 2 nitrogen and oxygen atoms in total. The van der Waals surface area contributed by atoms with Gasteiger partial charge < -0.3 is 5.73 Å². The monoisotopic (exact) mass is 233 g/mol. The summed E-state index contributed by atoms with van der Waals surface area (Å²) in [5.41, 5.74) is 5.05. The largest absolute Gasteiger partial charge is 0.370 e. The minimum atomic E-state index is -0.178. The topological polar surface area (TPSA) is 43.1 Å². The summed E-state index contributed by atoms with van der Waals surface area (Å²) in [5, 5.41) is 0.361. The van der Waals surface area contributed by atoms with Crippen LogP contribution in [-0.4, -0.2) is 11.3 Å². The van der Waals surface area contributed by atoms with E-state index in [1.54, 1.807) is 0 Å². The van der Waals surface area contributed by atoms with E-state index in [1.807, 2.05) is 0 Å². The van der Waals surface area contributed by atoms with Gasteiger partial charge in [0.05, 0.1) is 0 Å². The lowest BCUT2D eigenvalue weighted by Gasteiger charge is -2.05. The average Bonchev–Trinajstić information content (AvgIpc) is 2.21. The van der Waals surface area contributed by atoms with Gasteiger partial charge in [-0.05, 0) is 19.3 Å². The van der Waals surface area contributed by atoms with Crippen molar-refractivity contribution < 1.29 is 4.79 Å². The van der Waals surface area contributed by atoms with E-state index in [-0.39, 0.29) is 5.91 Å². The summed E-state index contributed by atoms with van der Waals surface area (Å²) < 4.78 is 0. The molecular weight excluding hydrogens is 210 g/mol. The van der Waals surface area contributed by atoms with Gasteiger partial charge >= 0.3 is 0 Å². The van der Waals surface area contributed by atoms with Gasteiger partial charge in [0.15, 0.2) is 0 Å². The number of amides is 1. The molecule has 3 heteroatoms. The van der Waals surface area contributed by atoms with Crippen molar-refractivity contribution in [3.63, 3.8) is 0 Å². The van der Waals surface area contributed by atoms with Gasteiger partial charge in [0.1, 0.15) is 0 Å². The number of alkyl halides is 1. The van der Waals surface area contributed by atoms with E-state index >= 15 is 0 Å². The van der Waals surface area contributed by atoms with Gasteiger partial charge in [-0.15, -0.1) is 11.6 Å². The summed E-state index contributed by atoms with van der Waals surface area (Å²) in [7, 11) is 0. The Morgan fingerprint density at radius 3 is 2.20 bits per heavy atom. The Labute approximate surface area is 98.6 Å². The highest BCUT2D eigenvalue weighted by Gasteiger charge is 2.00. The Hall–Kier alpha value is -0.240. The molecule has 0 aliphatic carbocycles. The summed E-state index contributed by atoms with van der Waals surface area (Å²) in [6, 6.07) is 0. The minimum Gasteiger partial charge on any atom is -0.370 e. The second-order valence-corrected chi connectivity index (χ2v) is 4.75. The smallest absolute Gasteiger partial charge is 0.217 e. The number of nitrogens with two attached hydrogens (primary N) is 1. The normalized spacial score (nSPS) is 12.7. The molecule has 0 fully saturated rings. The molecule has 0 aliphatic heterocycles. The molecule has 1 atom stereocenters. The van der Waals surface area contributed by atoms with Gasteiger partial charge in [-0.1, -0.05) is 39.0 Å². The lowest BCUT2D eigenvalue weighted by atomic mass is 10.1. The highest BCUT2D eigenvalue weighted by molar-refractivity contribution is 6.20. The molecule has 0 rings (SSSR count). The van der Waals surface area contributed by atoms with Crippen LogP contribution in [0, 0.1) is 0 Å². The van der Waals surface area contributed by atoms with Gasteiger partial charge in [-0.2, -0.15) is 0 Å². The summed E-state index contributed by atoms with van der Waals surface area (Å²) in [5.74, 6) is -0.178. The van der Waals surface area contributed by atoms with Crippen molar-refractivity contribution in [2.75, 3.05) is 0 Å². The fourth-order valence-corrected chi connectivity index (χ4v) is 1.73. The Kier molecular flexibility index (Phi) is 10.1. The molecule has 0 bridgehead atoms. The number of unbranched alkanes of at least 4 members (excludes halogenated alkanes) is 5. The van der Waals surface area contributed by atoms with E-state index in [0.717, 1.165) is 25.7 Å². The molecule has 1 amide bonds. The molecule has 0 saturated carbocycles. The summed E-state index contributed by atoms with van der Waals surface area (Å²) in [6.45, 7) is 2.13. The molecular formula is C12H24ClNO. The van der Waals surface area contributed by atoms with Crippen LogP contribution in [0.15, 0.2) is 0 Å². The molecule has 0 spiro atoms. The molecule has 90 valence electrons. The lowest BCUT2D eigenvalue weighted by Crippen LogP contribution is -2.09. The first-order chi connectivity index (χ1) is 7.16. The van der Waals surface area contributed by atoms with Gasteiger partial charge in [-0.25, -0.2) is 0 Å². The van der Waals surface area contributed by atoms with E-state index in [1.165, 1.54) is 25.7 Å². The zero-order chi connectivity index (χ0) is 11.5. The first kappa shape index (κ1) is 14.8. The number of carbonyl (C=O) groups excluding carboxylic acids is 1. The average molecular weight is 234 g/mol. The van der Waals surface area contributed by atoms with Crippen LogP contribution in [0.3, 0.4) is 0 Å². The van der Waals surface area contributed by atoms with E-state index < -0.39 is 0 Å². The first-order valence-electron chi connectivity index (χ1n) is 6.09. The molecule has 2 N–H and O–H groups in total. The standard InChI is InChI=1S/C12H24ClNO/c1-2-11(13)9-7-5-3-4-6-8-10-12(14)15/h11H,2-10H2,1H3,(H2,14,15). The van der Waals surface area contributed by atoms with Crippen LogP contribution in [0.5, 0.6) is 0 Å². The molecule has 0 heterocycles. The molecule has 1 unspecified atom stereocenters. The van der Waals surface area contributed by atoms with Crippen molar-refractivity contribution in [2.45, 2.75) is 70.1 Å². The highest BCUT2D eigenvalue weighted by atomic mass is 35.5. The predicted octanol–water partition coefficient (Wildman–Crippen LogP) is 3.61. The molecule has 0 aliphatic rings. The Morgan fingerprint density at radius 1 is 1.13 bits per heavy atom. The van der Waals surface area contributed by atoms with Crippen molar-refractivity contribution in [3.8, 4) is 0 Å². The second kappa shape index (κ2) is 10.3. The molecule has 0 saturated heterocycles. The van der Waals surface area contributed by atoms with Crippen molar-refractivity contribution in [2.24, 2.45) is 5.73 Å². The fourth-order valence-electron chi connectivity index (χ4n) is 1.58. The van der Waals surface area contributed by atoms with E-state index in [4.69, 9.17) is 17.3 Å². The maximum absolute atomic E-state index is 10.5. The predicted molar refractivity (Wildman–Crippen MR) is 66.1 cm³/mol. The van der Waals surface area contributed by atoms with Crippen LogP contribution >= 0.6 is 11.6 Å². The maximum atomic E-state index is 10.5. The molecule has 0 radical (unpaired) electrons. The SMILES string of the molecule is CCC(Cl)CCCCCCCCC(N)=O. The Balaban J connectivity index is 3.02. The third-order valence-electron chi connectivity index (χ3n) is 2.63. The zero-order valence-electron chi connectivity index (χ0n) is 9.80. The Morgan fingerprint density at radius 2 is 1.67 bits per heavy atom. The number of primary amides is 1. The van der Waals surface area contributed by atoms with Crippen LogP contribution in [0.4, 0.5) is 0 Å². The van der Waals surface area contributed by atoms with E-state index in [0.29, 0.717) is 11.8 Å². The molecule has 0 aromatic carbocycles. The maximum Gasteiger partial charge on any atom is 0.217 e. The van der Waals surface area contributed by atoms with Crippen molar-refractivity contribution in [1.82, 2.24) is 0 Å². The molecule has 15 heavy (non-hydrogen) atoms. The van der Waals surface area contributed by atoms with Crippen LogP contribution in [0.25, 0.3) is 0 Å². The summed E-state index contributed by atoms with van der Waals surface area (Å²) in [6.07, 6.45) is 9.79. The summed E-state index contributed by atoms with van der Waals surface area (Å²) >= 11 is 6.01. The number of carbonyl (C=O) groups is 1. The van der Waals surface area contributed by atoms with E-state index in [9.17, 15) is 4.79 Å². The van der Waals surface area contributed by atoms with Crippen LogP contribution < -0.4 is 5.73 Å². The summed E-state index contributed by atoms with van der Waals surface area (Å²) in [4.78, 5) is 10.5. The van der Waals surface area contributed by atoms with Crippen LogP contribution in [0.2, 0.25) is 0 Å². The van der Waals surface area contributed by atoms with Crippen molar-refractivity contribution in [1.29, 1.82) is 0 Å². The number of rotatable bonds is 10. The van der Waals surface area contributed by atoms with Gasteiger partial charge in [0.25, 0.3) is 0 Å². The quantitative estimate of drug-likeness (QED) is 0.455. The fraction of sp³-hybridized carbons (Fsp3) is 0.917. The van der Waals surface area contributed by atoms with Gasteiger partial charge in [-0.3, -0.25) is 4.79 Å². The van der Waals surface area contributed by atoms with Crippen LogP contribution in [0.1, 0.15) is 64.7 Å². The third kappa shape index (κ3) is 11.7. The highest BCUT2D eigenvalue weighted by Crippen LogP contribution is 2.14. The number of hydrogen-bond donors (Lipinski definition) is 1. The number of hydrogen-bond acceptors (Lipinski definition) is 1.